The normalized spacial score (nSPS) is 23.8. The molecule has 0 amide bonds. The first-order valence-corrected chi connectivity index (χ1v) is 11.9. The van der Waals surface area contributed by atoms with Crippen molar-refractivity contribution in [3.05, 3.63) is 30.3 Å². The third kappa shape index (κ3) is 6.35. The van der Waals surface area contributed by atoms with Crippen LogP contribution in [-0.2, 0) is 13.3 Å². The van der Waals surface area contributed by atoms with Gasteiger partial charge in [-0.3, -0.25) is 0 Å². The maximum Gasteiger partial charge on any atom is 0.500 e. The van der Waals surface area contributed by atoms with Crippen LogP contribution >= 0.6 is 0 Å². The van der Waals surface area contributed by atoms with Gasteiger partial charge in [0.1, 0.15) is 11.9 Å². The highest BCUT2D eigenvalue weighted by Crippen LogP contribution is 2.33. The molecule has 0 radical (unpaired) electrons. The molecule has 0 aliphatic heterocycles. The molecule has 26 heavy (non-hydrogen) atoms. The van der Waals surface area contributed by atoms with E-state index in [0.29, 0.717) is 25.7 Å². The van der Waals surface area contributed by atoms with Crippen LogP contribution in [0.25, 0.3) is 0 Å². The molecule has 2 rings (SSSR count). The minimum atomic E-state index is -2.60. The van der Waals surface area contributed by atoms with Crippen LogP contribution in [0.4, 0.5) is 0 Å². The van der Waals surface area contributed by atoms with Gasteiger partial charge in [0.2, 0.25) is 0 Å². The molecule has 0 bridgehead atoms. The third-order valence-electron chi connectivity index (χ3n) is 4.85. The summed E-state index contributed by atoms with van der Waals surface area (Å²) in [5.74, 6) is 1.30. The topological polar surface area (TPSA) is 57.2 Å². The van der Waals surface area contributed by atoms with E-state index in [9.17, 15) is 5.11 Å². The van der Waals surface area contributed by atoms with Gasteiger partial charge in [0.05, 0.1) is 6.10 Å². The second kappa shape index (κ2) is 11.0. The molecule has 0 heterocycles. The second-order valence-corrected chi connectivity index (χ2v) is 9.47. The Bertz CT molecular complexity index is 481. The first kappa shape index (κ1) is 21.4. The van der Waals surface area contributed by atoms with Gasteiger partial charge in [-0.1, -0.05) is 18.2 Å². The van der Waals surface area contributed by atoms with Crippen molar-refractivity contribution in [3.63, 3.8) is 0 Å². The number of aliphatic hydroxyl groups is 1. The van der Waals surface area contributed by atoms with E-state index in [1.807, 2.05) is 51.1 Å². The summed E-state index contributed by atoms with van der Waals surface area (Å²) in [4.78, 5) is 0. The number of aliphatic hydroxyl groups excluding tert-OH is 1. The molecule has 5 nitrogen and oxygen atoms in total. The van der Waals surface area contributed by atoms with Gasteiger partial charge < -0.3 is 23.1 Å². The van der Waals surface area contributed by atoms with E-state index in [2.05, 4.69) is 0 Å². The number of hydrogen-bond acceptors (Lipinski definition) is 5. The quantitative estimate of drug-likeness (QED) is 0.586. The van der Waals surface area contributed by atoms with E-state index in [0.717, 1.165) is 37.5 Å². The van der Waals surface area contributed by atoms with E-state index in [1.165, 1.54) is 0 Å². The van der Waals surface area contributed by atoms with Crippen molar-refractivity contribution in [1.29, 1.82) is 0 Å². The monoisotopic (exact) mass is 382 g/mol. The van der Waals surface area contributed by atoms with Crippen molar-refractivity contribution >= 4 is 8.80 Å². The van der Waals surface area contributed by atoms with Gasteiger partial charge in [-0.25, -0.2) is 0 Å². The summed E-state index contributed by atoms with van der Waals surface area (Å²) in [6.45, 7) is 7.78. The molecule has 148 valence electrons. The van der Waals surface area contributed by atoms with Crippen molar-refractivity contribution in [3.8, 4) is 5.75 Å². The summed E-state index contributed by atoms with van der Waals surface area (Å²) < 4.78 is 23.9. The van der Waals surface area contributed by atoms with Crippen LogP contribution in [0.5, 0.6) is 5.75 Å². The van der Waals surface area contributed by atoms with Crippen molar-refractivity contribution in [1.82, 2.24) is 0 Å². The molecular weight excluding hydrogens is 348 g/mol. The van der Waals surface area contributed by atoms with Gasteiger partial charge in [0.15, 0.2) is 0 Å². The first-order valence-electron chi connectivity index (χ1n) is 9.94. The Labute approximate surface area is 159 Å². The highest BCUT2D eigenvalue weighted by Gasteiger charge is 2.41. The number of hydrogen-bond donors (Lipinski definition) is 1. The zero-order valence-electron chi connectivity index (χ0n) is 16.4. The summed E-state index contributed by atoms with van der Waals surface area (Å²) in [7, 11) is -2.60. The predicted molar refractivity (Wildman–Crippen MR) is 104 cm³/mol. The van der Waals surface area contributed by atoms with Crippen LogP contribution in [-0.4, -0.2) is 45.9 Å². The van der Waals surface area contributed by atoms with E-state index in [4.69, 9.17) is 18.0 Å². The van der Waals surface area contributed by atoms with Gasteiger partial charge in [0.25, 0.3) is 0 Å². The molecule has 3 atom stereocenters. The fourth-order valence-electron chi connectivity index (χ4n) is 3.64. The lowest BCUT2D eigenvalue weighted by atomic mass is 9.84. The largest absolute Gasteiger partial charge is 0.500 e. The number of para-hydroxylation sites is 1. The average Bonchev–Trinajstić information content (AvgIpc) is 2.64. The third-order valence-corrected chi connectivity index (χ3v) is 7.93. The lowest BCUT2D eigenvalue weighted by Gasteiger charge is -2.35. The summed E-state index contributed by atoms with van der Waals surface area (Å²) in [5, 5.41) is 10.3. The molecule has 1 N–H and O–H groups in total. The van der Waals surface area contributed by atoms with E-state index in [1.54, 1.807) is 0 Å². The summed E-state index contributed by atoms with van der Waals surface area (Å²) >= 11 is 0. The molecule has 0 saturated heterocycles. The van der Waals surface area contributed by atoms with E-state index >= 15 is 0 Å². The SMILES string of the molecule is CCO[Si](CCC1CCC(O)C(Oc2ccccc2)C1)(OCC)OCC. The summed E-state index contributed by atoms with van der Waals surface area (Å²) in [6, 6.07) is 10.6. The van der Waals surface area contributed by atoms with Crippen LogP contribution in [0.3, 0.4) is 0 Å². The molecule has 0 spiro atoms. The lowest BCUT2D eigenvalue weighted by Crippen LogP contribution is -2.46. The van der Waals surface area contributed by atoms with Gasteiger partial charge in [-0.2, -0.15) is 0 Å². The van der Waals surface area contributed by atoms with Gasteiger partial charge in [0, 0.05) is 25.9 Å². The molecule has 1 aliphatic carbocycles. The maximum absolute atomic E-state index is 10.3. The van der Waals surface area contributed by atoms with E-state index in [-0.39, 0.29) is 6.10 Å². The summed E-state index contributed by atoms with van der Waals surface area (Å²) in [5.41, 5.74) is 0. The average molecular weight is 383 g/mol. The molecule has 1 aliphatic rings. The van der Waals surface area contributed by atoms with Gasteiger partial charge >= 0.3 is 8.80 Å². The molecule has 0 aromatic heterocycles. The summed E-state index contributed by atoms with van der Waals surface area (Å²) in [6.07, 6.45) is 3.05. The van der Waals surface area contributed by atoms with Crippen LogP contribution < -0.4 is 4.74 Å². The van der Waals surface area contributed by atoms with E-state index < -0.39 is 14.9 Å². The van der Waals surface area contributed by atoms with Crippen molar-refractivity contribution in [2.75, 3.05) is 19.8 Å². The molecule has 3 unspecified atom stereocenters. The van der Waals surface area contributed by atoms with Crippen molar-refractivity contribution in [2.24, 2.45) is 5.92 Å². The van der Waals surface area contributed by atoms with Crippen LogP contribution in [0.1, 0.15) is 46.5 Å². The maximum atomic E-state index is 10.3. The van der Waals surface area contributed by atoms with Crippen LogP contribution in [0.2, 0.25) is 6.04 Å². The molecule has 1 fully saturated rings. The molecule has 1 aromatic rings. The minimum absolute atomic E-state index is 0.154. The lowest BCUT2D eigenvalue weighted by molar-refractivity contribution is -0.0121. The fraction of sp³-hybridized carbons (Fsp3) is 0.700. The van der Waals surface area contributed by atoms with Crippen LogP contribution in [0, 0.1) is 5.92 Å². The second-order valence-electron chi connectivity index (χ2n) is 6.74. The Morgan fingerprint density at radius 2 is 1.58 bits per heavy atom. The molecule has 6 heteroatoms. The molecule has 1 aromatic carbocycles. The highest BCUT2D eigenvalue weighted by molar-refractivity contribution is 6.60. The smallest absolute Gasteiger partial charge is 0.488 e. The number of ether oxygens (including phenoxy) is 1. The molecular formula is C20H34O5Si. The Balaban J connectivity index is 1.93. The van der Waals surface area contributed by atoms with Crippen LogP contribution in [0.15, 0.2) is 30.3 Å². The first-order chi connectivity index (χ1) is 12.6. The Morgan fingerprint density at radius 3 is 2.15 bits per heavy atom. The fourth-order valence-corrected chi connectivity index (χ4v) is 6.40. The van der Waals surface area contributed by atoms with Crippen molar-refractivity contribution < 1.29 is 23.1 Å². The van der Waals surface area contributed by atoms with Crippen molar-refractivity contribution in [2.45, 2.75) is 64.7 Å². The number of benzene rings is 1. The Morgan fingerprint density at radius 1 is 0.962 bits per heavy atom. The molecule has 1 saturated carbocycles. The minimum Gasteiger partial charge on any atom is -0.488 e. The highest BCUT2D eigenvalue weighted by atomic mass is 28.4. The number of rotatable bonds is 11. The van der Waals surface area contributed by atoms with Gasteiger partial charge in [-0.05, 0) is 64.5 Å². The van der Waals surface area contributed by atoms with Gasteiger partial charge in [-0.15, -0.1) is 0 Å². The Hall–Kier alpha value is -0.923. The predicted octanol–water partition coefficient (Wildman–Crippen LogP) is 4.03. The standard InChI is InChI=1S/C20H34O5Si/c1-4-22-26(23-5-2,24-6-3)15-14-17-12-13-19(21)20(16-17)25-18-10-8-7-9-11-18/h7-11,17,19-21H,4-6,12-16H2,1-3H3. The zero-order chi connectivity index (χ0) is 18.8. The Kier molecular flexibility index (Phi) is 9.08. The zero-order valence-corrected chi connectivity index (χ0v) is 17.4.